The van der Waals surface area contributed by atoms with Crippen LogP contribution in [0.25, 0.3) is 0 Å². The third-order valence-corrected chi connectivity index (χ3v) is 2.45. The average molecular weight is 283 g/mol. The van der Waals surface area contributed by atoms with E-state index in [9.17, 15) is 4.79 Å². The van der Waals surface area contributed by atoms with Crippen molar-refractivity contribution in [3.8, 4) is 6.07 Å². The van der Waals surface area contributed by atoms with Crippen LogP contribution in [-0.4, -0.2) is 29.4 Å². The Labute approximate surface area is 102 Å². The lowest BCUT2D eigenvalue weighted by Gasteiger charge is -2.16. The Morgan fingerprint density at radius 3 is 3.06 bits per heavy atom. The molecule has 1 rings (SSSR count). The van der Waals surface area contributed by atoms with E-state index in [1.807, 2.05) is 6.07 Å². The van der Waals surface area contributed by atoms with Crippen LogP contribution in [0, 0.1) is 11.3 Å². The van der Waals surface area contributed by atoms with E-state index < -0.39 is 0 Å². The first-order valence-electron chi connectivity index (χ1n) is 4.59. The van der Waals surface area contributed by atoms with Gasteiger partial charge in [-0.25, -0.2) is 4.98 Å². The van der Waals surface area contributed by atoms with E-state index in [0.29, 0.717) is 23.0 Å². The fraction of sp³-hybridized carbons (Fsp3) is 0.300. The summed E-state index contributed by atoms with van der Waals surface area (Å²) in [7, 11) is 1.63. The summed E-state index contributed by atoms with van der Waals surface area (Å²) >= 11 is 3.23. The van der Waals surface area contributed by atoms with Crippen LogP contribution in [0.15, 0.2) is 16.7 Å². The van der Waals surface area contributed by atoms with Gasteiger partial charge in [-0.2, -0.15) is 5.26 Å². The number of carbonyl (C=O) groups is 1. The first-order valence-corrected chi connectivity index (χ1v) is 5.39. The summed E-state index contributed by atoms with van der Waals surface area (Å²) < 4.78 is 0.693. The lowest BCUT2D eigenvalue weighted by atomic mass is 10.2. The van der Waals surface area contributed by atoms with Crippen molar-refractivity contribution in [1.82, 2.24) is 9.88 Å². The van der Waals surface area contributed by atoms with E-state index in [1.165, 1.54) is 11.1 Å². The van der Waals surface area contributed by atoms with Crippen LogP contribution in [0.2, 0.25) is 0 Å². The summed E-state index contributed by atoms with van der Waals surface area (Å²) in [5, 5.41) is 8.43. The molecule has 1 heterocycles. The number of nitrogens with two attached hydrogens (primary N) is 1. The van der Waals surface area contributed by atoms with Gasteiger partial charge in [-0.1, -0.05) is 0 Å². The summed E-state index contributed by atoms with van der Waals surface area (Å²) in [6.07, 6.45) is 1.82. The predicted molar refractivity (Wildman–Crippen MR) is 63.5 cm³/mol. The van der Waals surface area contributed by atoms with Crippen molar-refractivity contribution in [1.29, 1.82) is 5.26 Å². The summed E-state index contributed by atoms with van der Waals surface area (Å²) in [5.41, 5.74) is 5.95. The molecule has 1 aromatic heterocycles. The van der Waals surface area contributed by atoms with Crippen LogP contribution in [0.4, 0.5) is 5.82 Å². The molecule has 84 valence electrons. The summed E-state index contributed by atoms with van der Waals surface area (Å²) in [5.74, 6) is -0.0430. The largest absolute Gasteiger partial charge is 0.383 e. The Morgan fingerprint density at radius 2 is 2.44 bits per heavy atom. The molecule has 0 spiro atoms. The maximum atomic E-state index is 11.9. The van der Waals surface area contributed by atoms with Crippen molar-refractivity contribution in [3.05, 3.63) is 22.3 Å². The van der Waals surface area contributed by atoms with Gasteiger partial charge in [-0.15, -0.1) is 0 Å². The molecule has 0 bridgehead atoms. The Hall–Kier alpha value is -1.61. The standard InChI is InChI=1S/C10H11BrN4O/c1-15(4-2-3-12)10(16)8-5-7(11)6-14-9(8)13/h5-6H,2,4H2,1H3,(H2,13,14). The zero-order valence-corrected chi connectivity index (χ0v) is 10.4. The number of hydrogen-bond donors (Lipinski definition) is 1. The molecule has 0 radical (unpaired) electrons. The molecule has 1 amide bonds. The number of nitrogens with zero attached hydrogens (tertiary/aromatic N) is 3. The molecule has 0 aromatic carbocycles. The first kappa shape index (κ1) is 12.5. The van der Waals surface area contributed by atoms with E-state index in [-0.39, 0.29) is 11.7 Å². The second-order valence-electron chi connectivity index (χ2n) is 3.22. The molecule has 0 saturated heterocycles. The van der Waals surface area contributed by atoms with Gasteiger partial charge in [0, 0.05) is 24.3 Å². The van der Waals surface area contributed by atoms with Gasteiger partial charge in [0.05, 0.1) is 18.1 Å². The van der Waals surface area contributed by atoms with E-state index in [4.69, 9.17) is 11.0 Å². The maximum Gasteiger partial charge on any atom is 0.257 e. The number of pyridine rings is 1. The maximum absolute atomic E-state index is 11.9. The highest BCUT2D eigenvalue weighted by Gasteiger charge is 2.15. The second kappa shape index (κ2) is 5.47. The van der Waals surface area contributed by atoms with Gasteiger partial charge in [0.2, 0.25) is 0 Å². The zero-order chi connectivity index (χ0) is 12.1. The number of hydrogen-bond acceptors (Lipinski definition) is 4. The number of halogens is 1. The third kappa shape index (κ3) is 2.94. The Balaban J connectivity index is 2.88. The van der Waals surface area contributed by atoms with Gasteiger partial charge < -0.3 is 10.6 Å². The molecule has 0 fully saturated rings. The van der Waals surface area contributed by atoms with Crippen LogP contribution >= 0.6 is 15.9 Å². The molecule has 0 aliphatic rings. The topological polar surface area (TPSA) is 83.0 Å². The van der Waals surface area contributed by atoms with Crippen LogP contribution in [0.3, 0.4) is 0 Å². The van der Waals surface area contributed by atoms with Crippen molar-refractivity contribution < 1.29 is 4.79 Å². The summed E-state index contributed by atoms with van der Waals surface area (Å²) in [6.45, 7) is 0.376. The number of amides is 1. The van der Waals surface area contributed by atoms with Gasteiger partial charge in [-0.05, 0) is 22.0 Å². The molecule has 0 saturated carbocycles. The van der Waals surface area contributed by atoms with Crippen molar-refractivity contribution >= 4 is 27.7 Å². The highest BCUT2D eigenvalue weighted by molar-refractivity contribution is 9.10. The van der Waals surface area contributed by atoms with E-state index >= 15 is 0 Å². The Kier molecular flexibility index (Phi) is 4.26. The molecule has 0 aliphatic heterocycles. The minimum Gasteiger partial charge on any atom is -0.383 e. The van der Waals surface area contributed by atoms with Crippen molar-refractivity contribution in [2.45, 2.75) is 6.42 Å². The zero-order valence-electron chi connectivity index (χ0n) is 8.77. The van der Waals surface area contributed by atoms with Gasteiger partial charge in [-0.3, -0.25) is 4.79 Å². The normalized spacial score (nSPS) is 9.56. The summed E-state index contributed by atoms with van der Waals surface area (Å²) in [4.78, 5) is 17.2. The van der Waals surface area contributed by atoms with Gasteiger partial charge in [0.25, 0.3) is 5.91 Å². The van der Waals surface area contributed by atoms with Crippen molar-refractivity contribution in [2.24, 2.45) is 0 Å². The smallest absolute Gasteiger partial charge is 0.257 e. The quantitative estimate of drug-likeness (QED) is 0.909. The molecule has 0 unspecified atom stereocenters. The number of aromatic nitrogens is 1. The van der Waals surface area contributed by atoms with E-state index in [1.54, 1.807) is 13.1 Å². The Bertz CT molecular complexity index is 441. The van der Waals surface area contributed by atoms with Crippen LogP contribution in [0.5, 0.6) is 0 Å². The number of nitrogen functional groups attached to an aromatic ring is 1. The minimum atomic E-state index is -0.235. The highest BCUT2D eigenvalue weighted by atomic mass is 79.9. The molecule has 16 heavy (non-hydrogen) atoms. The van der Waals surface area contributed by atoms with Crippen LogP contribution in [0.1, 0.15) is 16.8 Å². The minimum absolute atomic E-state index is 0.192. The monoisotopic (exact) mass is 282 g/mol. The lowest BCUT2D eigenvalue weighted by Crippen LogP contribution is -2.28. The van der Waals surface area contributed by atoms with Gasteiger partial charge >= 0.3 is 0 Å². The van der Waals surface area contributed by atoms with Crippen molar-refractivity contribution in [2.75, 3.05) is 19.3 Å². The molecule has 2 N–H and O–H groups in total. The van der Waals surface area contributed by atoms with E-state index in [2.05, 4.69) is 20.9 Å². The second-order valence-corrected chi connectivity index (χ2v) is 4.14. The molecule has 6 heteroatoms. The van der Waals surface area contributed by atoms with Gasteiger partial charge in [0.15, 0.2) is 0 Å². The molecular formula is C10H11BrN4O. The molecule has 0 atom stereocenters. The average Bonchev–Trinajstić information content (AvgIpc) is 2.28. The number of carbonyl (C=O) groups excluding carboxylic acids is 1. The van der Waals surface area contributed by atoms with E-state index in [0.717, 1.165) is 0 Å². The number of rotatable bonds is 3. The fourth-order valence-electron chi connectivity index (χ4n) is 1.15. The molecule has 1 aromatic rings. The Morgan fingerprint density at radius 1 is 1.75 bits per heavy atom. The SMILES string of the molecule is CN(CCC#N)C(=O)c1cc(Br)cnc1N. The predicted octanol–water partition coefficient (Wildman–Crippen LogP) is 1.41. The summed E-state index contributed by atoms with van der Waals surface area (Å²) in [6, 6.07) is 3.60. The van der Waals surface area contributed by atoms with Crippen LogP contribution < -0.4 is 5.73 Å². The fourth-order valence-corrected chi connectivity index (χ4v) is 1.48. The lowest BCUT2D eigenvalue weighted by molar-refractivity contribution is 0.0798. The number of nitriles is 1. The third-order valence-electron chi connectivity index (χ3n) is 2.02. The highest BCUT2D eigenvalue weighted by Crippen LogP contribution is 2.16. The molecule has 0 aliphatic carbocycles. The molecule has 5 nitrogen and oxygen atoms in total. The van der Waals surface area contributed by atoms with Crippen LogP contribution in [-0.2, 0) is 0 Å². The van der Waals surface area contributed by atoms with Crippen molar-refractivity contribution in [3.63, 3.8) is 0 Å². The van der Waals surface area contributed by atoms with Gasteiger partial charge in [0.1, 0.15) is 5.82 Å². The number of anilines is 1. The first-order chi connectivity index (χ1) is 7.56. The molecular weight excluding hydrogens is 272 g/mol.